The largest absolute Gasteiger partial charge is 0.456 e. The Labute approximate surface area is 191 Å². The van der Waals surface area contributed by atoms with Crippen molar-refractivity contribution in [3.63, 3.8) is 0 Å². The minimum absolute atomic E-state index is 0.193. The number of amides is 1. The first kappa shape index (κ1) is 20.5. The number of hydrogen-bond donors (Lipinski definition) is 1. The maximum Gasteiger partial charge on any atom is 0.255 e. The van der Waals surface area contributed by atoms with E-state index in [2.05, 4.69) is 10.3 Å². The minimum Gasteiger partial charge on any atom is -0.456 e. The number of benzene rings is 2. The highest BCUT2D eigenvalue weighted by molar-refractivity contribution is 6.04. The lowest BCUT2D eigenvalue weighted by atomic mass is 10.1. The molecule has 5 rings (SSSR count). The fraction of sp³-hybridized carbons (Fsp3) is 0.0741. The van der Waals surface area contributed by atoms with E-state index in [9.17, 15) is 4.79 Å². The summed E-state index contributed by atoms with van der Waals surface area (Å²) in [6, 6.07) is 22.6. The highest BCUT2D eigenvalue weighted by Crippen LogP contribution is 2.33. The second-order valence-electron chi connectivity index (χ2n) is 7.86. The molecule has 0 unspecified atom stereocenters. The molecule has 0 saturated carbocycles. The zero-order valence-corrected chi connectivity index (χ0v) is 18.3. The average Bonchev–Trinajstić information content (AvgIpc) is 3.21. The fourth-order valence-electron chi connectivity index (χ4n) is 3.70. The van der Waals surface area contributed by atoms with E-state index in [1.807, 2.05) is 85.4 Å². The number of rotatable bonds is 5. The lowest BCUT2D eigenvalue weighted by molar-refractivity contribution is 0.102. The number of nitrogens with zero attached hydrogens (tertiary/aromatic N) is 3. The van der Waals surface area contributed by atoms with Gasteiger partial charge in [0.05, 0.1) is 11.1 Å². The van der Waals surface area contributed by atoms with Gasteiger partial charge in [0.25, 0.3) is 5.91 Å². The number of nitrogens with one attached hydrogen (secondary N) is 1. The number of anilines is 1. The Hall–Kier alpha value is -4.45. The third kappa shape index (κ3) is 4.32. The predicted octanol–water partition coefficient (Wildman–Crippen LogP) is 5.99. The second kappa shape index (κ2) is 8.59. The molecule has 0 aliphatic heterocycles. The van der Waals surface area contributed by atoms with Gasteiger partial charge in [0.1, 0.15) is 17.1 Å². The molecule has 2 aromatic carbocycles. The van der Waals surface area contributed by atoms with Crippen LogP contribution >= 0.6 is 0 Å². The van der Waals surface area contributed by atoms with Gasteiger partial charge in [-0.15, -0.1) is 0 Å². The van der Waals surface area contributed by atoms with Crippen LogP contribution < -0.4 is 10.1 Å². The lowest BCUT2D eigenvalue weighted by Crippen LogP contribution is -2.11. The molecular formula is C27H22N4O2. The summed E-state index contributed by atoms with van der Waals surface area (Å²) in [6.07, 6.45) is 5.45. The lowest BCUT2D eigenvalue weighted by Gasteiger charge is -2.11. The number of carbonyl (C=O) groups excluding carboxylic acids is 1. The molecule has 6 heteroatoms. The monoisotopic (exact) mass is 434 g/mol. The number of carbonyl (C=O) groups is 1. The van der Waals surface area contributed by atoms with E-state index < -0.39 is 0 Å². The Bertz CT molecular complexity index is 1460. The van der Waals surface area contributed by atoms with Crippen molar-refractivity contribution in [3.05, 3.63) is 103 Å². The average molecular weight is 434 g/mol. The molecule has 0 spiro atoms. The molecule has 1 amide bonds. The van der Waals surface area contributed by atoms with Crippen molar-refractivity contribution < 1.29 is 9.53 Å². The van der Waals surface area contributed by atoms with Crippen LogP contribution in [0.15, 0.2) is 91.4 Å². The molecule has 0 bridgehead atoms. The van der Waals surface area contributed by atoms with Crippen LogP contribution in [0.2, 0.25) is 0 Å². The smallest absolute Gasteiger partial charge is 0.255 e. The van der Waals surface area contributed by atoms with Crippen LogP contribution in [0.1, 0.15) is 15.9 Å². The summed E-state index contributed by atoms with van der Waals surface area (Å²) in [5.74, 6) is 1.04. The predicted molar refractivity (Wildman–Crippen MR) is 130 cm³/mol. The van der Waals surface area contributed by atoms with E-state index in [1.54, 1.807) is 24.5 Å². The SMILES string of the molecule is Cc1cccc(NC(=O)c2cccc(Oc3cc(-c4cccnc4)nc4c3ccn4C)c2)c1. The topological polar surface area (TPSA) is 69.0 Å². The van der Waals surface area contributed by atoms with Crippen LogP contribution in [0.4, 0.5) is 5.69 Å². The minimum atomic E-state index is -0.193. The van der Waals surface area contributed by atoms with Gasteiger partial charge in [-0.3, -0.25) is 9.78 Å². The van der Waals surface area contributed by atoms with Crippen LogP contribution in [-0.4, -0.2) is 20.4 Å². The summed E-state index contributed by atoms with van der Waals surface area (Å²) in [6.45, 7) is 1.99. The summed E-state index contributed by atoms with van der Waals surface area (Å²) >= 11 is 0. The Kier molecular flexibility index (Phi) is 5.32. The Balaban J connectivity index is 1.47. The molecule has 6 nitrogen and oxygen atoms in total. The van der Waals surface area contributed by atoms with Crippen LogP contribution in [0, 0.1) is 6.92 Å². The number of ether oxygens (including phenoxy) is 1. The van der Waals surface area contributed by atoms with Crippen molar-refractivity contribution in [2.75, 3.05) is 5.32 Å². The molecule has 0 radical (unpaired) electrons. The van der Waals surface area contributed by atoms with Crippen molar-refractivity contribution in [2.45, 2.75) is 6.92 Å². The normalized spacial score (nSPS) is 10.8. The number of aromatic nitrogens is 3. The van der Waals surface area contributed by atoms with E-state index in [1.165, 1.54) is 0 Å². The molecule has 3 heterocycles. The number of pyridine rings is 2. The maximum absolute atomic E-state index is 12.8. The second-order valence-corrected chi connectivity index (χ2v) is 7.86. The van der Waals surface area contributed by atoms with E-state index in [4.69, 9.17) is 9.72 Å². The van der Waals surface area contributed by atoms with Gasteiger partial charge < -0.3 is 14.6 Å². The summed E-state index contributed by atoms with van der Waals surface area (Å²) in [5.41, 5.74) is 4.82. The van der Waals surface area contributed by atoms with Crippen molar-refractivity contribution in [2.24, 2.45) is 7.05 Å². The van der Waals surface area contributed by atoms with Crippen LogP contribution in [0.5, 0.6) is 11.5 Å². The molecule has 33 heavy (non-hydrogen) atoms. The molecule has 0 saturated heterocycles. The van der Waals surface area contributed by atoms with Crippen LogP contribution in [-0.2, 0) is 7.05 Å². The zero-order valence-electron chi connectivity index (χ0n) is 18.3. The van der Waals surface area contributed by atoms with Crippen molar-refractivity contribution >= 4 is 22.6 Å². The first-order valence-corrected chi connectivity index (χ1v) is 10.6. The number of hydrogen-bond acceptors (Lipinski definition) is 4. The first-order valence-electron chi connectivity index (χ1n) is 10.6. The third-order valence-electron chi connectivity index (χ3n) is 5.36. The van der Waals surface area contributed by atoms with Gasteiger partial charge in [-0.2, -0.15) is 0 Å². The summed E-state index contributed by atoms with van der Waals surface area (Å²) in [7, 11) is 1.95. The molecule has 0 aliphatic carbocycles. The van der Waals surface area contributed by atoms with Gasteiger partial charge in [0.15, 0.2) is 0 Å². The van der Waals surface area contributed by atoms with E-state index in [0.717, 1.165) is 33.5 Å². The summed E-state index contributed by atoms with van der Waals surface area (Å²) in [5, 5.41) is 3.83. The van der Waals surface area contributed by atoms with Gasteiger partial charge in [0.2, 0.25) is 0 Å². The third-order valence-corrected chi connectivity index (χ3v) is 5.36. The van der Waals surface area contributed by atoms with Gasteiger partial charge in [-0.05, 0) is 61.0 Å². The molecule has 162 valence electrons. The van der Waals surface area contributed by atoms with Gasteiger partial charge in [0, 0.05) is 48.5 Å². The van der Waals surface area contributed by atoms with Gasteiger partial charge in [-0.1, -0.05) is 18.2 Å². The summed E-state index contributed by atoms with van der Waals surface area (Å²) in [4.78, 5) is 21.8. The fourth-order valence-corrected chi connectivity index (χ4v) is 3.70. The molecule has 1 N–H and O–H groups in total. The van der Waals surface area contributed by atoms with Crippen LogP contribution in [0.25, 0.3) is 22.3 Å². The zero-order chi connectivity index (χ0) is 22.8. The molecule has 5 aromatic rings. The quantitative estimate of drug-likeness (QED) is 0.369. The van der Waals surface area contributed by atoms with Crippen LogP contribution in [0.3, 0.4) is 0 Å². The highest BCUT2D eigenvalue weighted by atomic mass is 16.5. The standard InChI is InChI=1S/C27H22N4O2/c1-18-6-3-9-21(14-18)29-27(32)19-7-4-10-22(15-19)33-25-16-24(20-8-5-12-28-17-20)30-26-23(25)11-13-31(26)2/h3-17H,1-2H3,(H,29,32). The van der Waals surface area contributed by atoms with E-state index >= 15 is 0 Å². The molecular weight excluding hydrogens is 412 g/mol. The van der Waals surface area contributed by atoms with E-state index in [0.29, 0.717) is 17.1 Å². The number of fused-ring (bicyclic) bond motifs is 1. The molecule has 3 aromatic heterocycles. The Morgan fingerprint density at radius 3 is 2.70 bits per heavy atom. The van der Waals surface area contributed by atoms with Gasteiger partial charge in [-0.25, -0.2) is 4.98 Å². The Morgan fingerprint density at radius 1 is 1.00 bits per heavy atom. The molecule has 0 fully saturated rings. The van der Waals surface area contributed by atoms with E-state index in [-0.39, 0.29) is 5.91 Å². The van der Waals surface area contributed by atoms with Crippen molar-refractivity contribution in [1.29, 1.82) is 0 Å². The Morgan fingerprint density at radius 2 is 1.88 bits per heavy atom. The number of aryl methyl sites for hydroxylation is 2. The van der Waals surface area contributed by atoms with Crippen molar-refractivity contribution in [1.82, 2.24) is 14.5 Å². The molecule has 0 atom stereocenters. The first-order chi connectivity index (χ1) is 16.1. The van der Waals surface area contributed by atoms with Gasteiger partial charge >= 0.3 is 0 Å². The summed E-state index contributed by atoms with van der Waals surface area (Å²) < 4.78 is 8.23. The van der Waals surface area contributed by atoms with Crippen molar-refractivity contribution in [3.8, 4) is 22.8 Å². The molecule has 0 aliphatic rings. The maximum atomic E-state index is 12.8. The highest BCUT2D eigenvalue weighted by Gasteiger charge is 2.14.